The summed E-state index contributed by atoms with van der Waals surface area (Å²) in [6, 6.07) is 5.79. The predicted molar refractivity (Wildman–Crippen MR) is 81.1 cm³/mol. The third kappa shape index (κ3) is 4.63. The fraction of sp³-hybridized carbons (Fsp3) is 0.562. The number of nitrogens with zero attached hydrogens (tertiary/aromatic N) is 1. The highest BCUT2D eigenvalue weighted by Gasteiger charge is 2.17. The Morgan fingerprint density at radius 3 is 2.95 bits per heavy atom. The number of hydrogen-bond donors (Lipinski definition) is 1. The second-order valence-electron chi connectivity index (χ2n) is 5.24. The quantitative estimate of drug-likeness (QED) is 0.907. The summed E-state index contributed by atoms with van der Waals surface area (Å²) in [4.78, 5) is 17.3. The van der Waals surface area contributed by atoms with E-state index in [1.165, 1.54) is 5.06 Å². The minimum Gasteiger partial charge on any atom is -0.494 e. The molecule has 0 aliphatic carbocycles. The Morgan fingerprint density at radius 1 is 1.43 bits per heavy atom. The molecule has 1 aliphatic rings. The summed E-state index contributed by atoms with van der Waals surface area (Å²) in [7, 11) is 0. The highest BCUT2D eigenvalue weighted by atomic mass is 16.7. The van der Waals surface area contributed by atoms with Gasteiger partial charge in [0.25, 0.3) is 0 Å². The van der Waals surface area contributed by atoms with Crippen molar-refractivity contribution in [1.82, 2.24) is 10.4 Å². The number of carbonyl (C=O) groups excluding carboxylic acids is 1. The molecular weight excluding hydrogens is 268 g/mol. The second-order valence-corrected chi connectivity index (χ2v) is 5.24. The molecule has 0 atom stereocenters. The van der Waals surface area contributed by atoms with Gasteiger partial charge in [0.1, 0.15) is 5.75 Å². The smallest absolute Gasteiger partial charge is 0.341 e. The number of hydrogen-bond acceptors (Lipinski definition) is 3. The standard InChI is InChI=1S/C16H24N2O3/c1-3-9-20-15-7-6-14(13(2)11-15)12-17-16(19)18-8-4-5-10-21-18/h6-7,11H,3-5,8-10,12H2,1-2H3,(H,17,19). The van der Waals surface area contributed by atoms with Crippen LogP contribution in [0.25, 0.3) is 0 Å². The van der Waals surface area contributed by atoms with Gasteiger partial charge >= 0.3 is 6.03 Å². The van der Waals surface area contributed by atoms with Crippen molar-refractivity contribution in [2.45, 2.75) is 39.7 Å². The van der Waals surface area contributed by atoms with Crippen molar-refractivity contribution in [1.29, 1.82) is 0 Å². The number of hydroxylamine groups is 2. The third-order valence-corrected chi connectivity index (χ3v) is 3.45. The van der Waals surface area contributed by atoms with Crippen LogP contribution in [0.5, 0.6) is 5.75 Å². The molecule has 0 saturated carbocycles. The summed E-state index contributed by atoms with van der Waals surface area (Å²) in [5.41, 5.74) is 2.20. The van der Waals surface area contributed by atoms with Crippen LogP contribution in [-0.4, -0.2) is 30.9 Å². The van der Waals surface area contributed by atoms with Crippen LogP contribution in [0, 0.1) is 6.92 Å². The summed E-state index contributed by atoms with van der Waals surface area (Å²) >= 11 is 0. The number of amides is 2. The van der Waals surface area contributed by atoms with Gasteiger partial charge < -0.3 is 10.1 Å². The van der Waals surface area contributed by atoms with Crippen LogP contribution in [0.4, 0.5) is 4.79 Å². The second kappa shape index (κ2) is 7.88. The number of benzene rings is 1. The Balaban J connectivity index is 1.86. The molecular formula is C16H24N2O3. The van der Waals surface area contributed by atoms with Gasteiger partial charge in [-0.05, 0) is 49.4 Å². The highest BCUT2D eigenvalue weighted by molar-refractivity contribution is 5.73. The van der Waals surface area contributed by atoms with E-state index in [2.05, 4.69) is 12.2 Å². The van der Waals surface area contributed by atoms with Crippen LogP contribution < -0.4 is 10.1 Å². The molecule has 1 fully saturated rings. The first-order valence-electron chi connectivity index (χ1n) is 7.61. The van der Waals surface area contributed by atoms with Gasteiger partial charge in [-0.15, -0.1) is 0 Å². The number of nitrogens with one attached hydrogen (secondary N) is 1. The molecule has 1 heterocycles. The van der Waals surface area contributed by atoms with Crippen LogP contribution in [0.3, 0.4) is 0 Å². The fourth-order valence-corrected chi connectivity index (χ4v) is 2.19. The van der Waals surface area contributed by atoms with E-state index in [-0.39, 0.29) is 6.03 Å². The van der Waals surface area contributed by atoms with Gasteiger partial charge in [-0.3, -0.25) is 4.84 Å². The minimum absolute atomic E-state index is 0.166. The van der Waals surface area contributed by atoms with Gasteiger partial charge in [-0.2, -0.15) is 0 Å². The summed E-state index contributed by atoms with van der Waals surface area (Å²) in [6.07, 6.45) is 3.00. The highest BCUT2D eigenvalue weighted by Crippen LogP contribution is 2.17. The molecule has 0 spiro atoms. The lowest BCUT2D eigenvalue weighted by atomic mass is 10.1. The van der Waals surface area contributed by atoms with E-state index in [1.807, 2.05) is 25.1 Å². The molecule has 116 valence electrons. The van der Waals surface area contributed by atoms with E-state index in [4.69, 9.17) is 9.57 Å². The normalized spacial score (nSPS) is 14.9. The molecule has 0 aromatic heterocycles. The topological polar surface area (TPSA) is 50.8 Å². The monoisotopic (exact) mass is 292 g/mol. The molecule has 1 saturated heterocycles. The maximum absolute atomic E-state index is 12.0. The van der Waals surface area contributed by atoms with Crippen LogP contribution >= 0.6 is 0 Å². The Hall–Kier alpha value is -1.75. The van der Waals surface area contributed by atoms with Crippen molar-refractivity contribution in [2.24, 2.45) is 0 Å². The zero-order chi connectivity index (χ0) is 15.1. The van der Waals surface area contributed by atoms with Crippen molar-refractivity contribution < 1.29 is 14.4 Å². The van der Waals surface area contributed by atoms with E-state index >= 15 is 0 Å². The van der Waals surface area contributed by atoms with E-state index in [1.54, 1.807) is 0 Å². The van der Waals surface area contributed by atoms with E-state index in [0.29, 0.717) is 19.7 Å². The first kappa shape index (κ1) is 15.6. The van der Waals surface area contributed by atoms with Crippen molar-refractivity contribution in [3.05, 3.63) is 29.3 Å². The molecule has 2 amide bonds. The zero-order valence-electron chi connectivity index (χ0n) is 12.9. The summed E-state index contributed by atoms with van der Waals surface area (Å²) < 4.78 is 5.60. The lowest BCUT2D eigenvalue weighted by molar-refractivity contribution is -0.139. The SMILES string of the molecule is CCCOc1ccc(CNC(=O)N2CCCCO2)c(C)c1. The Labute approximate surface area is 126 Å². The summed E-state index contributed by atoms with van der Waals surface area (Å²) in [5, 5.41) is 4.31. The lowest BCUT2D eigenvalue weighted by Crippen LogP contribution is -2.42. The van der Waals surface area contributed by atoms with Crippen LogP contribution in [-0.2, 0) is 11.4 Å². The zero-order valence-corrected chi connectivity index (χ0v) is 12.9. The molecule has 1 aliphatic heterocycles. The average Bonchev–Trinajstić information content (AvgIpc) is 2.52. The average molecular weight is 292 g/mol. The van der Waals surface area contributed by atoms with Crippen LogP contribution in [0.15, 0.2) is 18.2 Å². The van der Waals surface area contributed by atoms with E-state index in [0.717, 1.165) is 42.7 Å². The molecule has 0 unspecified atom stereocenters. The molecule has 21 heavy (non-hydrogen) atoms. The number of carbonyl (C=O) groups is 1. The molecule has 5 nitrogen and oxygen atoms in total. The van der Waals surface area contributed by atoms with Gasteiger partial charge in [0.05, 0.1) is 19.8 Å². The molecule has 0 radical (unpaired) electrons. The Bertz CT molecular complexity index is 471. The molecule has 5 heteroatoms. The molecule has 2 rings (SSSR count). The van der Waals surface area contributed by atoms with E-state index < -0.39 is 0 Å². The first-order chi connectivity index (χ1) is 10.2. The fourth-order valence-electron chi connectivity index (χ4n) is 2.19. The maximum atomic E-state index is 12.0. The van der Waals surface area contributed by atoms with Crippen molar-refractivity contribution in [2.75, 3.05) is 19.8 Å². The van der Waals surface area contributed by atoms with Gasteiger partial charge in [0, 0.05) is 6.54 Å². The van der Waals surface area contributed by atoms with Gasteiger partial charge in [-0.25, -0.2) is 9.86 Å². The largest absolute Gasteiger partial charge is 0.494 e. The number of ether oxygens (including phenoxy) is 1. The summed E-state index contributed by atoms with van der Waals surface area (Å²) in [6.45, 7) is 6.61. The van der Waals surface area contributed by atoms with Crippen LogP contribution in [0.1, 0.15) is 37.3 Å². The van der Waals surface area contributed by atoms with Crippen molar-refractivity contribution >= 4 is 6.03 Å². The van der Waals surface area contributed by atoms with Crippen molar-refractivity contribution in [3.8, 4) is 5.75 Å². The minimum atomic E-state index is -0.166. The third-order valence-electron chi connectivity index (χ3n) is 3.45. The summed E-state index contributed by atoms with van der Waals surface area (Å²) in [5.74, 6) is 0.879. The maximum Gasteiger partial charge on any atom is 0.341 e. The van der Waals surface area contributed by atoms with Crippen LogP contribution in [0.2, 0.25) is 0 Å². The predicted octanol–water partition coefficient (Wildman–Crippen LogP) is 3.02. The molecule has 0 bridgehead atoms. The molecule has 1 aromatic rings. The van der Waals surface area contributed by atoms with Gasteiger partial charge in [0.15, 0.2) is 0 Å². The molecule has 1 N–H and O–H groups in total. The Kier molecular flexibility index (Phi) is 5.87. The number of rotatable bonds is 5. The lowest BCUT2D eigenvalue weighted by Gasteiger charge is -2.26. The Morgan fingerprint density at radius 2 is 2.29 bits per heavy atom. The van der Waals surface area contributed by atoms with E-state index in [9.17, 15) is 4.79 Å². The number of urea groups is 1. The number of aryl methyl sites for hydroxylation is 1. The first-order valence-corrected chi connectivity index (χ1v) is 7.61. The van der Waals surface area contributed by atoms with Crippen molar-refractivity contribution in [3.63, 3.8) is 0 Å². The molecule has 1 aromatic carbocycles. The van der Waals surface area contributed by atoms with Gasteiger partial charge in [0.2, 0.25) is 0 Å². The van der Waals surface area contributed by atoms with Gasteiger partial charge in [-0.1, -0.05) is 13.0 Å².